The molecule has 3 N–H and O–H groups in total. The van der Waals surface area contributed by atoms with Gasteiger partial charge in [0, 0.05) is 48.7 Å². The number of hydrogen-bond acceptors (Lipinski definition) is 4. The van der Waals surface area contributed by atoms with Gasteiger partial charge in [-0.3, -0.25) is 4.79 Å². The molecular weight excluding hydrogens is 653 g/mol. The molecule has 1 aliphatic carbocycles. The van der Waals surface area contributed by atoms with Crippen LogP contribution in [0.5, 0.6) is 0 Å². The third kappa shape index (κ3) is 9.31. The smallest absolute Gasteiger partial charge is 0.335 e. The first-order chi connectivity index (χ1) is 22.2. The largest absolute Gasteiger partial charge is 0.478 e. The molecule has 11 heteroatoms. The standard InChI is InChI=1S/C33H45Cl2NO4Si.C3H8N2O/c1-20(2)41(21(3)4,22(5)6)40-28-13-11-27(12-14-28)36-16-15-25(32(36)37)17-29-30(34)18-26(19-31(29)35)23-7-9-24(10-8-23)33(38)39;1-4-3(6)5-2/h7-10,18-22,25,27-28H,11-17H2,1-6H3,(H,38,39);1-2H3,(H2,4,5,6)/t25-,27-,28-;/m0./s1. The monoisotopic (exact) mass is 705 g/mol. The van der Waals surface area contributed by atoms with Crippen molar-refractivity contribution in [3.05, 3.63) is 57.6 Å². The van der Waals surface area contributed by atoms with Gasteiger partial charge in [-0.2, -0.15) is 0 Å². The molecular formula is C36H53Cl2N3O5Si. The highest BCUT2D eigenvalue weighted by molar-refractivity contribution is 6.77. The molecule has 2 fully saturated rings. The highest BCUT2D eigenvalue weighted by Gasteiger charge is 2.47. The van der Waals surface area contributed by atoms with E-state index in [-0.39, 0.29) is 29.5 Å². The molecule has 1 saturated heterocycles. The van der Waals surface area contributed by atoms with E-state index in [1.165, 1.54) is 0 Å². The molecule has 1 saturated carbocycles. The maximum Gasteiger partial charge on any atom is 0.335 e. The number of benzene rings is 2. The SMILES string of the molecule is CC(C)[Si](O[C@H]1CC[C@H](N2CC[C@@H](Cc3c(Cl)cc(-c4ccc(C(=O)O)cc4)cc3Cl)C2=O)CC1)(C(C)C)C(C)C.CNC(=O)NC. The molecule has 2 aliphatic rings. The summed E-state index contributed by atoms with van der Waals surface area (Å²) in [5, 5.41) is 15.0. The maximum absolute atomic E-state index is 13.6. The summed E-state index contributed by atoms with van der Waals surface area (Å²) in [5.74, 6) is -0.876. The first-order valence-electron chi connectivity index (χ1n) is 16.8. The van der Waals surface area contributed by atoms with Crippen molar-refractivity contribution in [3.8, 4) is 11.1 Å². The minimum atomic E-state index is -1.91. The second kappa shape index (κ2) is 17.2. The molecule has 0 spiro atoms. The van der Waals surface area contributed by atoms with Crippen LogP contribution in [0.1, 0.15) is 89.6 Å². The predicted octanol–water partition coefficient (Wildman–Crippen LogP) is 8.80. The van der Waals surface area contributed by atoms with Crippen LogP contribution in [0, 0.1) is 5.92 Å². The summed E-state index contributed by atoms with van der Waals surface area (Å²) in [4.78, 5) is 36.8. The molecule has 1 heterocycles. The number of likely N-dealkylation sites (tertiary alicyclic amines) is 1. The van der Waals surface area contributed by atoms with Crippen LogP contribution in [0.15, 0.2) is 36.4 Å². The molecule has 1 aliphatic heterocycles. The number of amides is 3. The Morgan fingerprint density at radius 3 is 1.81 bits per heavy atom. The predicted molar refractivity (Wildman–Crippen MR) is 194 cm³/mol. The Bertz CT molecular complexity index is 1330. The highest BCUT2D eigenvalue weighted by atomic mass is 35.5. The maximum atomic E-state index is 13.6. The summed E-state index contributed by atoms with van der Waals surface area (Å²) in [7, 11) is 1.23. The number of carbonyl (C=O) groups is 3. The molecule has 0 radical (unpaired) electrons. The molecule has 2 aromatic carbocycles. The van der Waals surface area contributed by atoms with E-state index < -0.39 is 14.3 Å². The first-order valence-corrected chi connectivity index (χ1v) is 19.7. The average Bonchev–Trinajstić information content (AvgIpc) is 3.40. The van der Waals surface area contributed by atoms with E-state index in [1.807, 2.05) is 12.1 Å². The van der Waals surface area contributed by atoms with Crippen LogP contribution in [-0.2, 0) is 15.6 Å². The Balaban J connectivity index is 0.000000913. The van der Waals surface area contributed by atoms with Crippen molar-refractivity contribution in [3.63, 3.8) is 0 Å². The zero-order chi connectivity index (χ0) is 35.1. The molecule has 4 rings (SSSR count). The molecule has 47 heavy (non-hydrogen) atoms. The third-order valence-electron chi connectivity index (χ3n) is 10.0. The second-order valence-corrected chi connectivity index (χ2v) is 19.9. The van der Waals surface area contributed by atoms with Crippen molar-refractivity contribution in [1.82, 2.24) is 15.5 Å². The lowest BCUT2D eigenvalue weighted by atomic mass is 9.92. The summed E-state index contributed by atoms with van der Waals surface area (Å²) in [6.45, 7) is 14.8. The fourth-order valence-corrected chi connectivity index (χ4v) is 13.9. The molecule has 260 valence electrons. The number of hydrogen-bond donors (Lipinski definition) is 3. The van der Waals surface area contributed by atoms with Crippen molar-refractivity contribution < 1.29 is 23.9 Å². The fourth-order valence-electron chi connectivity index (χ4n) is 7.63. The van der Waals surface area contributed by atoms with Gasteiger partial charge in [0.1, 0.15) is 0 Å². The van der Waals surface area contributed by atoms with Crippen LogP contribution in [0.3, 0.4) is 0 Å². The van der Waals surface area contributed by atoms with Crippen LogP contribution in [-0.4, -0.2) is 69.0 Å². The van der Waals surface area contributed by atoms with Gasteiger partial charge in [0.2, 0.25) is 14.2 Å². The average molecular weight is 707 g/mol. The van der Waals surface area contributed by atoms with Crippen LogP contribution in [0.25, 0.3) is 11.1 Å². The number of rotatable bonds is 10. The van der Waals surface area contributed by atoms with Gasteiger partial charge in [0.05, 0.1) is 5.56 Å². The van der Waals surface area contributed by atoms with Gasteiger partial charge in [-0.15, -0.1) is 0 Å². The van der Waals surface area contributed by atoms with E-state index in [2.05, 4.69) is 57.1 Å². The van der Waals surface area contributed by atoms with Crippen molar-refractivity contribution in [2.45, 2.75) is 109 Å². The topological polar surface area (TPSA) is 108 Å². The Hall–Kier alpha value is -2.59. The summed E-state index contributed by atoms with van der Waals surface area (Å²) < 4.78 is 7.07. The lowest BCUT2D eigenvalue weighted by Crippen LogP contribution is -2.51. The number of nitrogens with one attached hydrogen (secondary N) is 2. The van der Waals surface area contributed by atoms with Gasteiger partial charge < -0.3 is 25.1 Å². The summed E-state index contributed by atoms with van der Waals surface area (Å²) in [5.41, 5.74) is 4.41. The van der Waals surface area contributed by atoms with E-state index in [0.717, 1.165) is 55.3 Å². The number of urea groups is 1. The van der Waals surface area contributed by atoms with E-state index in [1.54, 1.807) is 38.4 Å². The second-order valence-electron chi connectivity index (χ2n) is 13.7. The van der Waals surface area contributed by atoms with Gasteiger partial charge in [-0.05, 0) is 96.1 Å². The van der Waals surface area contributed by atoms with Crippen molar-refractivity contribution in [2.75, 3.05) is 20.6 Å². The zero-order valence-electron chi connectivity index (χ0n) is 29.2. The molecule has 8 nitrogen and oxygen atoms in total. The van der Waals surface area contributed by atoms with Crippen LogP contribution < -0.4 is 10.6 Å². The number of carboxylic acid groups (broad SMARTS) is 1. The Labute approximate surface area is 292 Å². The number of halogens is 2. The Kier molecular flexibility index (Phi) is 14.2. The summed E-state index contributed by atoms with van der Waals surface area (Å²) in [6, 6.07) is 10.5. The Morgan fingerprint density at radius 1 is 0.872 bits per heavy atom. The number of nitrogens with zero attached hydrogens (tertiary/aromatic N) is 1. The van der Waals surface area contributed by atoms with Crippen LogP contribution >= 0.6 is 23.2 Å². The highest BCUT2D eigenvalue weighted by Crippen LogP contribution is 2.45. The van der Waals surface area contributed by atoms with Crippen molar-refractivity contribution >= 4 is 49.4 Å². The molecule has 0 aromatic heterocycles. The summed E-state index contributed by atoms with van der Waals surface area (Å²) >= 11 is 13.4. The van der Waals surface area contributed by atoms with Gasteiger partial charge in [-0.25, -0.2) is 9.59 Å². The minimum absolute atomic E-state index is 0.123. The van der Waals surface area contributed by atoms with Gasteiger partial charge in [-0.1, -0.05) is 76.9 Å². The molecule has 1 atom stereocenters. The van der Waals surface area contributed by atoms with E-state index in [4.69, 9.17) is 32.7 Å². The van der Waals surface area contributed by atoms with Crippen molar-refractivity contribution in [2.24, 2.45) is 5.92 Å². The summed E-state index contributed by atoms with van der Waals surface area (Å²) in [6.07, 6.45) is 5.67. The van der Waals surface area contributed by atoms with Crippen LogP contribution in [0.2, 0.25) is 26.7 Å². The third-order valence-corrected chi connectivity index (χ3v) is 16.9. The lowest BCUT2D eigenvalue weighted by molar-refractivity contribution is -0.133. The zero-order valence-corrected chi connectivity index (χ0v) is 31.7. The van der Waals surface area contributed by atoms with E-state index in [0.29, 0.717) is 39.2 Å². The van der Waals surface area contributed by atoms with Crippen molar-refractivity contribution in [1.29, 1.82) is 0 Å². The number of aromatic carboxylic acids is 1. The molecule has 3 amide bonds. The lowest BCUT2D eigenvalue weighted by Gasteiger charge is -2.46. The number of carboxylic acids is 1. The first kappa shape index (κ1) is 38.9. The molecule has 2 aromatic rings. The van der Waals surface area contributed by atoms with Gasteiger partial charge in [0.25, 0.3) is 0 Å². The van der Waals surface area contributed by atoms with Gasteiger partial charge in [0.15, 0.2) is 0 Å². The van der Waals surface area contributed by atoms with E-state index >= 15 is 0 Å². The minimum Gasteiger partial charge on any atom is -0.478 e. The Morgan fingerprint density at radius 2 is 1.38 bits per heavy atom. The van der Waals surface area contributed by atoms with Crippen LogP contribution in [0.4, 0.5) is 4.79 Å². The molecule has 0 bridgehead atoms. The number of carbonyl (C=O) groups excluding carboxylic acids is 2. The quantitative estimate of drug-likeness (QED) is 0.214. The van der Waals surface area contributed by atoms with E-state index in [9.17, 15) is 14.4 Å². The normalized spacial score (nSPS) is 20.0. The molecule has 0 unspecified atom stereocenters. The van der Waals surface area contributed by atoms with Gasteiger partial charge >= 0.3 is 12.0 Å². The fraction of sp³-hybridized carbons (Fsp3) is 0.583.